The molecule has 0 bridgehead atoms. The summed E-state index contributed by atoms with van der Waals surface area (Å²) in [5, 5.41) is 7.69. The van der Waals surface area contributed by atoms with Crippen LogP contribution in [-0.2, 0) is 4.74 Å². The molecular formula is C23H35N5O2. The van der Waals surface area contributed by atoms with Crippen LogP contribution in [0.1, 0.15) is 62.5 Å². The van der Waals surface area contributed by atoms with E-state index in [0.717, 1.165) is 50.7 Å². The molecule has 0 aliphatic carbocycles. The fraction of sp³-hybridized carbons (Fsp3) is 0.609. The van der Waals surface area contributed by atoms with Crippen LogP contribution in [0, 0.1) is 5.92 Å². The lowest BCUT2D eigenvalue weighted by molar-refractivity contribution is 0.00191. The van der Waals surface area contributed by atoms with Crippen LogP contribution >= 0.6 is 0 Å². The molecule has 1 atom stereocenters. The van der Waals surface area contributed by atoms with Gasteiger partial charge in [-0.15, -0.1) is 0 Å². The zero-order valence-corrected chi connectivity index (χ0v) is 18.7. The van der Waals surface area contributed by atoms with Crippen molar-refractivity contribution in [3.63, 3.8) is 0 Å². The number of carbonyl (C=O) groups is 1. The van der Waals surface area contributed by atoms with Crippen LogP contribution in [0.2, 0.25) is 0 Å². The average Bonchev–Trinajstić information content (AvgIpc) is 3.23. The van der Waals surface area contributed by atoms with Gasteiger partial charge in [0.1, 0.15) is 0 Å². The highest BCUT2D eigenvalue weighted by molar-refractivity contribution is 5.95. The molecule has 1 aliphatic heterocycles. The summed E-state index contributed by atoms with van der Waals surface area (Å²) >= 11 is 0. The smallest absolute Gasteiger partial charge is 0.254 e. The molecule has 1 aliphatic rings. The van der Waals surface area contributed by atoms with E-state index < -0.39 is 0 Å². The number of carbonyl (C=O) groups excluding carboxylic acids is 1. The molecule has 1 fully saturated rings. The van der Waals surface area contributed by atoms with Crippen molar-refractivity contribution in [1.29, 1.82) is 0 Å². The van der Waals surface area contributed by atoms with Gasteiger partial charge in [0, 0.05) is 31.9 Å². The summed E-state index contributed by atoms with van der Waals surface area (Å²) in [5.41, 5.74) is 1.51. The fourth-order valence-electron chi connectivity index (χ4n) is 4.38. The number of hydrogen-bond acceptors (Lipinski definition) is 5. The largest absolute Gasteiger partial charge is 0.379 e. The van der Waals surface area contributed by atoms with Gasteiger partial charge in [0.2, 0.25) is 0 Å². The summed E-state index contributed by atoms with van der Waals surface area (Å²) in [6, 6.07) is 6.03. The van der Waals surface area contributed by atoms with Crippen LogP contribution in [-0.4, -0.2) is 64.5 Å². The zero-order chi connectivity index (χ0) is 21.5. The van der Waals surface area contributed by atoms with Crippen molar-refractivity contribution in [3.05, 3.63) is 41.9 Å². The first-order chi connectivity index (χ1) is 14.6. The molecule has 3 rings (SSSR count). The molecule has 7 nitrogen and oxygen atoms in total. The summed E-state index contributed by atoms with van der Waals surface area (Å²) in [6.07, 6.45) is 5.61. The zero-order valence-electron chi connectivity index (χ0n) is 18.7. The van der Waals surface area contributed by atoms with Crippen molar-refractivity contribution in [2.24, 2.45) is 5.92 Å². The Kier molecular flexibility index (Phi) is 7.99. The van der Waals surface area contributed by atoms with Crippen LogP contribution < -0.4 is 5.32 Å². The van der Waals surface area contributed by atoms with Gasteiger partial charge in [0.15, 0.2) is 5.82 Å². The van der Waals surface area contributed by atoms with Gasteiger partial charge in [-0.1, -0.05) is 46.6 Å². The molecule has 7 heteroatoms. The summed E-state index contributed by atoms with van der Waals surface area (Å²) in [4.78, 5) is 20.0. The number of amides is 1. The van der Waals surface area contributed by atoms with E-state index in [1.54, 1.807) is 17.1 Å². The van der Waals surface area contributed by atoms with E-state index >= 15 is 0 Å². The molecule has 1 amide bonds. The molecule has 3 heterocycles. The van der Waals surface area contributed by atoms with E-state index in [0.29, 0.717) is 24.1 Å². The molecule has 0 radical (unpaired) electrons. The van der Waals surface area contributed by atoms with E-state index in [9.17, 15) is 4.79 Å². The van der Waals surface area contributed by atoms with Gasteiger partial charge < -0.3 is 10.1 Å². The second-order valence-electron chi connectivity index (χ2n) is 8.20. The van der Waals surface area contributed by atoms with Crippen molar-refractivity contribution in [3.8, 4) is 5.82 Å². The molecule has 2 aromatic rings. The highest BCUT2D eigenvalue weighted by Gasteiger charge is 2.28. The minimum atomic E-state index is -0.0647. The lowest BCUT2D eigenvalue weighted by atomic mass is 9.92. The monoisotopic (exact) mass is 413 g/mol. The summed E-state index contributed by atoms with van der Waals surface area (Å²) in [7, 11) is 0. The molecule has 0 saturated carbocycles. The van der Waals surface area contributed by atoms with Gasteiger partial charge in [0.05, 0.1) is 30.7 Å². The first-order valence-electron chi connectivity index (χ1n) is 11.2. The van der Waals surface area contributed by atoms with Crippen LogP contribution in [0.3, 0.4) is 0 Å². The lowest BCUT2D eigenvalue weighted by Crippen LogP contribution is -2.52. The normalized spacial score (nSPS) is 16.2. The van der Waals surface area contributed by atoms with E-state index in [1.807, 2.05) is 18.2 Å². The van der Waals surface area contributed by atoms with Gasteiger partial charge in [-0.25, -0.2) is 9.67 Å². The number of pyridine rings is 1. The van der Waals surface area contributed by atoms with Crippen molar-refractivity contribution in [2.45, 2.75) is 52.5 Å². The van der Waals surface area contributed by atoms with E-state index in [2.05, 4.69) is 48.0 Å². The van der Waals surface area contributed by atoms with Gasteiger partial charge >= 0.3 is 0 Å². The van der Waals surface area contributed by atoms with Crippen molar-refractivity contribution < 1.29 is 9.53 Å². The Labute approximate surface area is 179 Å². The Balaban J connectivity index is 1.78. The third-order valence-electron chi connectivity index (χ3n) is 6.04. The average molecular weight is 414 g/mol. The molecule has 1 saturated heterocycles. The first kappa shape index (κ1) is 22.4. The number of morpholine rings is 1. The van der Waals surface area contributed by atoms with Crippen LogP contribution in [0.15, 0.2) is 30.6 Å². The predicted molar refractivity (Wildman–Crippen MR) is 118 cm³/mol. The third-order valence-corrected chi connectivity index (χ3v) is 6.04. The van der Waals surface area contributed by atoms with Gasteiger partial charge in [-0.2, -0.15) is 5.10 Å². The number of aromatic nitrogens is 3. The standard InChI is InChI=1S/C23H35N5O2/c1-5-18(6-2)20(27-11-13-30-14-12-27)16-25-23(29)19-15-26-28(22(19)17(3)4)21-9-7-8-10-24-21/h7-10,15,17-18,20H,5-6,11-14,16H2,1-4H3,(H,25,29). The van der Waals surface area contributed by atoms with Gasteiger partial charge in [0.25, 0.3) is 5.91 Å². The third kappa shape index (κ3) is 5.08. The number of ether oxygens (including phenoxy) is 1. The Hall–Kier alpha value is -2.25. The summed E-state index contributed by atoms with van der Waals surface area (Å²) in [5.74, 6) is 1.35. The first-order valence-corrected chi connectivity index (χ1v) is 11.2. The maximum absolute atomic E-state index is 13.2. The number of rotatable bonds is 9. The predicted octanol–water partition coefficient (Wildman–Crippen LogP) is 3.26. The van der Waals surface area contributed by atoms with Gasteiger partial charge in [-0.05, 0) is 24.0 Å². The highest BCUT2D eigenvalue weighted by atomic mass is 16.5. The van der Waals surface area contributed by atoms with Crippen LogP contribution in [0.4, 0.5) is 0 Å². The number of nitrogens with one attached hydrogen (secondary N) is 1. The van der Waals surface area contributed by atoms with E-state index in [-0.39, 0.29) is 11.8 Å². The second-order valence-corrected chi connectivity index (χ2v) is 8.20. The fourth-order valence-corrected chi connectivity index (χ4v) is 4.38. The minimum Gasteiger partial charge on any atom is -0.379 e. The number of nitrogens with zero attached hydrogens (tertiary/aromatic N) is 4. The SMILES string of the molecule is CCC(CC)C(CNC(=O)c1cnn(-c2ccccn2)c1C(C)C)N1CCOCC1. The maximum atomic E-state index is 13.2. The lowest BCUT2D eigenvalue weighted by Gasteiger charge is -2.38. The van der Waals surface area contributed by atoms with E-state index in [4.69, 9.17) is 4.74 Å². The van der Waals surface area contributed by atoms with Crippen LogP contribution in [0.5, 0.6) is 0 Å². The van der Waals surface area contributed by atoms with Crippen molar-refractivity contribution in [2.75, 3.05) is 32.8 Å². The highest BCUT2D eigenvalue weighted by Crippen LogP contribution is 2.23. The van der Waals surface area contributed by atoms with Crippen molar-refractivity contribution >= 4 is 5.91 Å². The van der Waals surface area contributed by atoms with Gasteiger partial charge in [-0.3, -0.25) is 9.69 Å². The Morgan fingerprint density at radius 1 is 1.20 bits per heavy atom. The molecule has 0 spiro atoms. The molecule has 1 N–H and O–H groups in total. The maximum Gasteiger partial charge on any atom is 0.254 e. The Morgan fingerprint density at radius 3 is 2.53 bits per heavy atom. The van der Waals surface area contributed by atoms with Crippen molar-refractivity contribution in [1.82, 2.24) is 25.0 Å². The topological polar surface area (TPSA) is 72.3 Å². The number of hydrogen-bond donors (Lipinski definition) is 1. The molecule has 30 heavy (non-hydrogen) atoms. The second kappa shape index (κ2) is 10.7. The quantitative estimate of drug-likeness (QED) is 0.683. The minimum absolute atomic E-state index is 0.0647. The molecule has 2 aromatic heterocycles. The molecular weight excluding hydrogens is 378 g/mol. The molecule has 0 aromatic carbocycles. The van der Waals surface area contributed by atoms with Crippen LogP contribution in [0.25, 0.3) is 5.82 Å². The van der Waals surface area contributed by atoms with E-state index in [1.165, 1.54) is 0 Å². The Bertz CT molecular complexity index is 795. The summed E-state index contributed by atoms with van der Waals surface area (Å²) in [6.45, 7) is 12.6. The summed E-state index contributed by atoms with van der Waals surface area (Å²) < 4.78 is 7.31. The molecule has 1 unspecified atom stereocenters. The Morgan fingerprint density at radius 2 is 1.93 bits per heavy atom. The molecule has 164 valence electrons.